The molecule has 8 aromatic rings. The molecule has 208 valence electrons. The predicted molar refractivity (Wildman–Crippen MR) is 188 cm³/mol. The Morgan fingerprint density at radius 3 is 1.34 bits per heavy atom. The summed E-state index contributed by atoms with van der Waals surface area (Å²) in [5.41, 5.74) is 9.36. The fourth-order valence-electron chi connectivity index (χ4n) is 5.91. The molecule has 0 amide bonds. The zero-order valence-electron chi connectivity index (χ0n) is 24.0. The molecule has 2 nitrogen and oxygen atoms in total. The Hall–Kier alpha value is -5.51. The molecule has 0 aliphatic carbocycles. The summed E-state index contributed by atoms with van der Waals surface area (Å²) in [4.78, 5) is 7.28. The number of hydrogen-bond donors (Lipinski definition) is 0. The number of rotatable bonds is 6. The maximum Gasteiger partial charge on any atom is 0.155 e. The van der Waals surface area contributed by atoms with Gasteiger partial charge in [0.15, 0.2) is 5.82 Å². The molecule has 6 aromatic carbocycles. The van der Waals surface area contributed by atoms with Crippen LogP contribution in [0.1, 0.15) is 0 Å². The minimum absolute atomic E-state index is 0.941. The van der Waals surface area contributed by atoms with E-state index in [1.807, 2.05) is 6.20 Å². The standard InChI is InChI=1S/C41H28N2S/c1-3-9-29(10-4-1)31-15-17-32(18-16-31)34-21-25-36(26-22-34)43(35-23-19-33(20-24-35)30-11-5-2-6-12-30)41-40-38(27-28-42-41)37-13-7-8-14-39(37)44-40/h1-28H. The van der Waals surface area contributed by atoms with E-state index < -0.39 is 0 Å². The van der Waals surface area contributed by atoms with Crippen LogP contribution in [0.4, 0.5) is 17.2 Å². The molecular weight excluding hydrogens is 553 g/mol. The Morgan fingerprint density at radius 1 is 0.386 bits per heavy atom. The Morgan fingerprint density at radius 2 is 0.818 bits per heavy atom. The van der Waals surface area contributed by atoms with Crippen molar-refractivity contribution in [3.05, 3.63) is 170 Å². The van der Waals surface area contributed by atoms with Crippen LogP contribution in [0.5, 0.6) is 0 Å². The number of anilines is 3. The Kier molecular flexibility index (Phi) is 6.71. The second-order valence-electron chi connectivity index (χ2n) is 10.8. The van der Waals surface area contributed by atoms with Gasteiger partial charge in [-0.3, -0.25) is 4.90 Å². The molecule has 0 bridgehead atoms. The van der Waals surface area contributed by atoms with Crippen molar-refractivity contribution < 1.29 is 0 Å². The van der Waals surface area contributed by atoms with E-state index in [9.17, 15) is 0 Å². The van der Waals surface area contributed by atoms with Crippen LogP contribution in [0.15, 0.2) is 170 Å². The number of hydrogen-bond acceptors (Lipinski definition) is 3. The van der Waals surface area contributed by atoms with Crippen molar-refractivity contribution in [2.75, 3.05) is 4.90 Å². The van der Waals surface area contributed by atoms with Gasteiger partial charge < -0.3 is 0 Å². The molecule has 2 aromatic heterocycles. The van der Waals surface area contributed by atoms with Gasteiger partial charge in [0.05, 0.1) is 4.70 Å². The van der Waals surface area contributed by atoms with Gasteiger partial charge in [-0.15, -0.1) is 11.3 Å². The fourth-order valence-corrected chi connectivity index (χ4v) is 7.09. The molecule has 0 saturated carbocycles. The van der Waals surface area contributed by atoms with Crippen molar-refractivity contribution in [3.63, 3.8) is 0 Å². The summed E-state index contributed by atoms with van der Waals surface area (Å²) in [6.07, 6.45) is 1.94. The Bertz CT molecular complexity index is 2180. The van der Waals surface area contributed by atoms with Crippen LogP contribution in [0.2, 0.25) is 0 Å². The lowest BCUT2D eigenvalue weighted by Gasteiger charge is -2.25. The van der Waals surface area contributed by atoms with Crippen LogP contribution >= 0.6 is 11.3 Å². The van der Waals surface area contributed by atoms with Gasteiger partial charge in [-0.05, 0) is 69.8 Å². The molecular formula is C41H28N2S. The first-order chi connectivity index (χ1) is 21.8. The second-order valence-corrected chi connectivity index (χ2v) is 11.9. The summed E-state index contributed by atoms with van der Waals surface area (Å²) in [5, 5.41) is 2.50. The van der Waals surface area contributed by atoms with Gasteiger partial charge in [0.1, 0.15) is 0 Å². The lowest BCUT2D eigenvalue weighted by atomic mass is 10.00. The molecule has 0 saturated heterocycles. The van der Waals surface area contributed by atoms with Crippen molar-refractivity contribution in [1.82, 2.24) is 4.98 Å². The topological polar surface area (TPSA) is 16.1 Å². The summed E-state index contributed by atoms with van der Waals surface area (Å²) in [7, 11) is 0. The largest absolute Gasteiger partial charge is 0.294 e. The third-order valence-corrected chi connectivity index (χ3v) is 9.35. The molecule has 44 heavy (non-hydrogen) atoms. The van der Waals surface area contributed by atoms with Crippen LogP contribution < -0.4 is 4.90 Å². The average molecular weight is 581 g/mol. The number of thiophene rings is 1. The van der Waals surface area contributed by atoms with Crippen molar-refractivity contribution in [1.29, 1.82) is 0 Å². The number of aromatic nitrogens is 1. The molecule has 0 N–H and O–H groups in total. The normalized spacial score (nSPS) is 11.2. The van der Waals surface area contributed by atoms with Crippen LogP contribution in [0, 0.1) is 0 Å². The molecule has 3 heteroatoms. The molecule has 0 spiro atoms. The van der Waals surface area contributed by atoms with Crippen molar-refractivity contribution in [3.8, 4) is 33.4 Å². The van der Waals surface area contributed by atoms with Gasteiger partial charge in [-0.1, -0.05) is 127 Å². The Balaban J connectivity index is 1.21. The second kappa shape index (κ2) is 11.3. The third kappa shape index (κ3) is 4.84. The number of nitrogens with zero attached hydrogens (tertiary/aromatic N) is 2. The first-order valence-corrected chi connectivity index (χ1v) is 15.6. The molecule has 2 heterocycles. The molecule has 0 fully saturated rings. The quantitative estimate of drug-likeness (QED) is 0.194. The van der Waals surface area contributed by atoms with Gasteiger partial charge in [0, 0.05) is 33.0 Å². The molecule has 0 radical (unpaired) electrons. The highest BCUT2D eigenvalue weighted by atomic mass is 32.1. The monoisotopic (exact) mass is 580 g/mol. The highest BCUT2D eigenvalue weighted by molar-refractivity contribution is 7.26. The fraction of sp³-hybridized carbons (Fsp3) is 0. The summed E-state index contributed by atoms with van der Waals surface area (Å²) in [5.74, 6) is 0.941. The third-order valence-electron chi connectivity index (χ3n) is 8.17. The summed E-state index contributed by atoms with van der Waals surface area (Å²) in [6.45, 7) is 0. The minimum atomic E-state index is 0.941. The molecule has 0 aliphatic rings. The SMILES string of the molecule is c1ccc(-c2ccc(-c3ccc(N(c4ccc(-c5ccccc5)cc4)c4nccc5c4sc4ccccc45)cc3)cc2)cc1. The number of fused-ring (bicyclic) bond motifs is 3. The van der Waals surface area contributed by atoms with E-state index in [0.29, 0.717) is 0 Å². The smallest absolute Gasteiger partial charge is 0.155 e. The highest BCUT2D eigenvalue weighted by Gasteiger charge is 2.19. The first-order valence-electron chi connectivity index (χ1n) is 14.8. The number of benzene rings is 6. The zero-order valence-corrected chi connectivity index (χ0v) is 24.8. The van der Waals surface area contributed by atoms with E-state index in [2.05, 4.69) is 169 Å². The van der Waals surface area contributed by atoms with Crippen molar-refractivity contribution >= 4 is 48.7 Å². The van der Waals surface area contributed by atoms with E-state index in [1.165, 1.54) is 53.6 Å². The van der Waals surface area contributed by atoms with E-state index >= 15 is 0 Å². The average Bonchev–Trinajstić information content (AvgIpc) is 3.50. The summed E-state index contributed by atoms with van der Waals surface area (Å²) >= 11 is 1.80. The lowest BCUT2D eigenvalue weighted by molar-refractivity contribution is 1.20. The number of pyridine rings is 1. The van der Waals surface area contributed by atoms with E-state index in [1.54, 1.807) is 11.3 Å². The van der Waals surface area contributed by atoms with Gasteiger partial charge in [-0.2, -0.15) is 0 Å². The Labute approximate surface area is 261 Å². The van der Waals surface area contributed by atoms with E-state index in [4.69, 9.17) is 4.98 Å². The maximum atomic E-state index is 4.99. The van der Waals surface area contributed by atoms with Crippen LogP contribution in [-0.2, 0) is 0 Å². The predicted octanol–water partition coefficient (Wildman–Crippen LogP) is 11.9. The van der Waals surface area contributed by atoms with Gasteiger partial charge in [0.2, 0.25) is 0 Å². The van der Waals surface area contributed by atoms with Gasteiger partial charge in [0.25, 0.3) is 0 Å². The van der Waals surface area contributed by atoms with E-state index in [0.717, 1.165) is 17.2 Å². The first kappa shape index (κ1) is 26.1. The maximum absolute atomic E-state index is 4.99. The van der Waals surface area contributed by atoms with Crippen molar-refractivity contribution in [2.45, 2.75) is 0 Å². The van der Waals surface area contributed by atoms with Crippen molar-refractivity contribution in [2.24, 2.45) is 0 Å². The summed E-state index contributed by atoms with van der Waals surface area (Å²) < 4.78 is 2.45. The molecule has 0 unspecified atom stereocenters. The van der Waals surface area contributed by atoms with Gasteiger partial charge >= 0.3 is 0 Å². The van der Waals surface area contributed by atoms with E-state index in [-0.39, 0.29) is 0 Å². The summed E-state index contributed by atoms with van der Waals surface area (Å²) in [6, 6.07) is 58.2. The lowest BCUT2D eigenvalue weighted by Crippen LogP contribution is -2.11. The van der Waals surface area contributed by atoms with Gasteiger partial charge in [-0.25, -0.2) is 4.98 Å². The highest BCUT2D eigenvalue weighted by Crippen LogP contribution is 2.44. The molecule has 0 atom stereocenters. The minimum Gasteiger partial charge on any atom is -0.294 e. The van der Waals surface area contributed by atoms with Crippen LogP contribution in [0.3, 0.4) is 0 Å². The molecule has 8 rings (SSSR count). The van der Waals surface area contributed by atoms with Crippen LogP contribution in [-0.4, -0.2) is 4.98 Å². The molecule has 0 aliphatic heterocycles. The van der Waals surface area contributed by atoms with Crippen LogP contribution in [0.25, 0.3) is 53.6 Å². The zero-order chi connectivity index (χ0) is 29.3.